The molecule has 3 aromatic heterocycles. The van der Waals surface area contributed by atoms with Crippen molar-refractivity contribution in [2.45, 2.75) is 45.6 Å². The van der Waals surface area contributed by atoms with E-state index in [1.54, 1.807) is 24.8 Å². The molecule has 0 aliphatic carbocycles. The average molecular weight is 481 g/mol. The van der Waals surface area contributed by atoms with Crippen LogP contribution in [0.25, 0.3) is 22.3 Å². The minimum atomic E-state index is -0.481. The molecule has 0 N–H and O–H groups in total. The van der Waals surface area contributed by atoms with E-state index in [0.29, 0.717) is 10.8 Å². The number of hydrogen-bond acceptors (Lipinski definition) is 7. The molecule has 2 aliphatic heterocycles. The first-order valence-electron chi connectivity index (χ1n) is 11.7. The zero-order valence-electron chi connectivity index (χ0n) is 19.8. The van der Waals surface area contributed by atoms with Gasteiger partial charge in [-0.25, -0.2) is 14.8 Å². The highest BCUT2D eigenvalue weighted by Gasteiger charge is 2.43. The van der Waals surface area contributed by atoms with Gasteiger partial charge in [-0.05, 0) is 57.6 Å². The molecule has 178 valence electrons. The lowest BCUT2D eigenvalue weighted by molar-refractivity contribution is 0.0266. The Balaban J connectivity index is 1.38. The summed E-state index contributed by atoms with van der Waals surface area (Å²) in [6, 6.07) is 3.80. The van der Waals surface area contributed by atoms with Crippen LogP contribution >= 0.6 is 11.6 Å². The third kappa shape index (κ3) is 4.51. The molecule has 2 aliphatic rings. The summed E-state index contributed by atoms with van der Waals surface area (Å²) in [5.74, 6) is 1.47. The number of ether oxygens (including phenoxy) is 1. The maximum absolute atomic E-state index is 12.6. The normalized spacial score (nSPS) is 18.0. The maximum atomic E-state index is 12.6. The topological polar surface area (TPSA) is 84.3 Å². The minimum absolute atomic E-state index is 0.121. The number of anilines is 1. The third-order valence-corrected chi connectivity index (χ3v) is 6.98. The molecule has 1 amide bonds. The molecular formula is C25H29ClN6O2. The Morgan fingerprint density at radius 1 is 1.03 bits per heavy atom. The van der Waals surface area contributed by atoms with Gasteiger partial charge < -0.3 is 14.5 Å². The molecule has 5 rings (SSSR count). The predicted molar refractivity (Wildman–Crippen MR) is 132 cm³/mol. The Kier molecular flexibility index (Phi) is 5.80. The number of amides is 1. The van der Waals surface area contributed by atoms with Gasteiger partial charge in [0, 0.05) is 50.3 Å². The van der Waals surface area contributed by atoms with Crippen molar-refractivity contribution in [1.29, 1.82) is 0 Å². The van der Waals surface area contributed by atoms with Crippen LogP contribution in [0.1, 0.15) is 40.0 Å². The molecule has 3 aromatic rings. The van der Waals surface area contributed by atoms with E-state index in [4.69, 9.17) is 26.3 Å². The summed E-state index contributed by atoms with van der Waals surface area (Å²) < 4.78 is 5.60. The first-order valence-corrected chi connectivity index (χ1v) is 12.1. The van der Waals surface area contributed by atoms with Gasteiger partial charge in [-0.15, -0.1) is 0 Å². The molecule has 0 atom stereocenters. The van der Waals surface area contributed by atoms with Crippen LogP contribution < -0.4 is 4.90 Å². The van der Waals surface area contributed by atoms with Crippen molar-refractivity contribution >= 4 is 34.4 Å². The summed E-state index contributed by atoms with van der Waals surface area (Å²) in [5, 5.41) is 1.37. The van der Waals surface area contributed by atoms with E-state index in [1.807, 2.05) is 37.8 Å². The number of aromatic nitrogens is 4. The first-order chi connectivity index (χ1) is 16.2. The summed E-state index contributed by atoms with van der Waals surface area (Å²) in [4.78, 5) is 34.7. The van der Waals surface area contributed by atoms with Gasteiger partial charge in [0.15, 0.2) is 5.82 Å². The molecule has 9 heteroatoms. The van der Waals surface area contributed by atoms with Crippen LogP contribution in [0.3, 0.4) is 0 Å². The van der Waals surface area contributed by atoms with E-state index < -0.39 is 5.60 Å². The number of carbonyl (C=O) groups excluding carboxylic acids is 1. The third-order valence-electron chi connectivity index (χ3n) is 6.69. The van der Waals surface area contributed by atoms with Gasteiger partial charge in [0.25, 0.3) is 0 Å². The summed E-state index contributed by atoms with van der Waals surface area (Å²) >= 11 is 6.57. The molecule has 8 nitrogen and oxygen atoms in total. The highest BCUT2D eigenvalue weighted by atomic mass is 35.5. The second-order valence-corrected chi connectivity index (χ2v) is 10.7. The van der Waals surface area contributed by atoms with E-state index in [1.165, 1.54) is 0 Å². The fraction of sp³-hybridized carbons (Fsp3) is 0.480. The molecule has 0 aromatic carbocycles. The van der Waals surface area contributed by atoms with Crippen LogP contribution in [0.5, 0.6) is 0 Å². The van der Waals surface area contributed by atoms with Crippen molar-refractivity contribution in [3.05, 3.63) is 41.9 Å². The van der Waals surface area contributed by atoms with Gasteiger partial charge >= 0.3 is 6.09 Å². The van der Waals surface area contributed by atoms with Gasteiger partial charge in [-0.2, -0.15) is 0 Å². The van der Waals surface area contributed by atoms with Gasteiger partial charge in [0.2, 0.25) is 0 Å². The molecule has 34 heavy (non-hydrogen) atoms. The fourth-order valence-corrected chi connectivity index (χ4v) is 5.14. The van der Waals surface area contributed by atoms with Gasteiger partial charge in [-0.3, -0.25) is 9.97 Å². The fourth-order valence-electron chi connectivity index (χ4n) is 4.90. The number of halogens is 1. The highest BCUT2D eigenvalue weighted by molar-refractivity contribution is 6.36. The number of likely N-dealkylation sites (tertiary alicyclic amines) is 1. The SMILES string of the molecule is CC(C)(C)OC(=O)N1CCC2(CCN(c3nc(-c4ccncc4)nc4cncc(Cl)c34)CC2)C1. The average Bonchev–Trinajstić information content (AvgIpc) is 3.22. The lowest BCUT2D eigenvalue weighted by atomic mass is 9.78. The van der Waals surface area contributed by atoms with Crippen LogP contribution in [0.4, 0.5) is 10.6 Å². The van der Waals surface area contributed by atoms with Crippen LogP contribution in [0, 0.1) is 5.41 Å². The van der Waals surface area contributed by atoms with Crippen LogP contribution in [0.2, 0.25) is 5.02 Å². The van der Waals surface area contributed by atoms with Gasteiger partial charge in [0.1, 0.15) is 11.4 Å². The number of pyridine rings is 2. The van der Waals surface area contributed by atoms with Crippen LogP contribution in [-0.2, 0) is 4.74 Å². The lowest BCUT2D eigenvalue weighted by Crippen LogP contribution is -2.43. The molecule has 5 heterocycles. The van der Waals surface area contributed by atoms with E-state index >= 15 is 0 Å². The molecule has 0 radical (unpaired) electrons. The molecule has 2 fully saturated rings. The zero-order chi connectivity index (χ0) is 23.9. The lowest BCUT2D eigenvalue weighted by Gasteiger charge is -2.40. The molecule has 0 unspecified atom stereocenters. The molecular weight excluding hydrogens is 452 g/mol. The minimum Gasteiger partial charge on any atom is -0.444 e. The van der Waals surface area contributed by atoms with Crippen molar-refractivity contribution in [3.63, 3.8) is 0 Å². The van der Waals surface area contributed by atoms with Crippen LogP contribution in [0.15, 0.2) is 36.9 Å². The Hall–Kier alpha value is -3.00. The Bertz CT molecular complexity index is 1210. The smallest absolute Gasteiger partial charge is 0.410 e. The van der Waals surface area contributed by atoms with Crippen molar-refractivity contribution < 1.29 is 9.53 Å². The number of nitrogens with zero attached hydrogens (tertiary/aromatic N) is 6. The predicted octanol–water partition coefficient (Wildman–Crippen LogP) is 4.97. The Morgan fingerprint density at radius 2 is 1.74 bits per heavy atom. The number of hydrogen-bond donors (Lipinski definition) is 0. The monoisotopic (exact) mass is 480 g/mol. The van der Waals surface area contributed by atoms with Crippen molar-refractivity contribution in [2.24, 2.45) is 5.41 Å². The molecule has 2 saturated heterocycles. The van der Waals surface area contributed by atoms with E-state index in [-0.39, 0.29) is 11.5 Å². The number of rotatable bonds is 2. The summed E-state index contributed by atoms with van der Waals surface area (Å²) in [6.45, 7) is 8.88. The molecule has 0 bridgehead atoms. The largest absolute Gasteiger partial charge is 0.444 e. The molecule has 1 spiro atoms. The van der Waals surface area contributed by atoms with Crippen molar-refractivity contribution in [1.82, 2.24) is 24.8 Å². The number of piperidine rings is 1. The summed E-state index contributed by atoms with van der Waals surface area (Å²) in [7, 11) is 0. The standard InChI is InChI=1S/C25H29ClN6O2/c1-24(2,3)34-23(33)32-13-8-25(16-32)6-11-31(12-7-25)22-20-18(26)14-28-15-19(20)29-21(30-22)17-4-9-27-10-5-17/h4-5,9-10,14-15H,6-8,11-13,16H2,1-3H3. The second-order valence-electron chi connectivity index (χ2n) is 10.3. The quantitative estimate of drug-likeness (QED) is 0.512. The van der Waals surface area contributed by atoms with Crippen molar-refractivity contribution in [2.75, 3.05) is 31.1 Å². The number of fused-ring (bicyclic) bond motifs is 1. The van der Waals surface area contributed by atoms with E-state index in [0.717, 1.165) is 67.7 Å². The van der Waals surface area contributed by atoms with Crippen LogP contribution in [-0.4, -0.2) is 62.7 Å². The Morgan fingerprint density at radius 3 is 2.44 bits per heavy atom. The number of carbonyl (C=O) groups is 1. The van der Waals surface area contributed by atoms with E-state index in [9.17, 15) is 4.79 Å². The highest BCUT2D eigenvalue weighted by Crippen LogP contribution is 2.43. The zero-order valence-corrected chi connectivity index (χ0v) is 20.5. The van der Waals surface area contributed by atoms with Crippen molar-refractivity contribution in [3.8, 4) is 11.4 Å². The van der Waals surface area contributed by atoms with Gasteiger partial charge in [-0.1, -0.05) is 11.6 Å². The summed E-state index contributed by atoms with van der Waals surface area (Å²) in [6.07, 6.45) is 9.59. The van der Waals surface area contributed by atoms with E-state index in [2.05, 4.69) is 14.9 Å². The molecule has 0 saturated carbocycles. The summed E-state index contributed by atoms with van der Waals surface area (Å²) in [5.41, 5.74) is 1.26. The Labute approximate surface area is 204 Å². The second kappa shape index (κ2) is 8.65. The maximum Gasteiger partial charge on any atom is 0.410 e. The first kappa shape index (κ1) is 22.8. The van der Waals surface area contributed by atoms with Gasteiger partial charge in [0.05, 0.1) is 22.1 Å².